The Labute approximate surface area is 119 Å². The van der Waals surface area contributed by atoms with Crippen molar-refractivity contribution in [2.24, 2.45) is 0 Å². The number of benzene rings is 1. The number of halogens is 2. The molecular weight excluding hydrogens is 264 g/mol. The first-order valence-corrected chi connectivity index (χ1v) is 6.97. The van der Waals surface area contributed by atoms with Crippen LogP contribution in [0.25, 0.3) is 0 Å². The molecule has 0 aromatic heterocycles. The van der Waals surface area contributed by atoms with Crippen LogP contribution in [0.15, 0.2) is 18.2 Å². The van der Waals surface area contributed by atoms with E-state index < -0.39 is 11.6 Å². The summed E-state index contributed by atoms with van der Waals surface area (Å²) in [7, 11) is 1.69. The van der Waals surface area contributed by atoms with E-state index in [9.17, 15) is 8.78 Å². The molecule has 114 valence electrons. The highest BCUT2D eigenvalue weighted by atomic mass is 19.2. The molecule has 1 unspecified atom stereocenters. The largest absolute Gasteiger partial charge is 0.379 e. The van der Waals surface area contributed by atoms with Gasteiger partial charge in [0, 0.05) is 12.2 Å². The zero-order chi connectivity index (χ0) is 14.8. The minimum atomic E-state index is -0.842. The van der Waals surface area contributed by atoms with Gasteiger partial charge >= 0.3 is 0 Å². The number of unbranched alkanes of at least 4 members (excludes halogenated alkanes) is 1. The molecule has 0 radical (unpaired) electrons. The van der Waals surface area contributed by atoms with Gasteiger partial charge in [0.2, 0.25) is 0 Å². The molecule has 1 aromatic carbocycles. The van der Waals surface area contributed by atoms with Crippen LogP contribution in [0.4, 0.5) is 8.78 Å². The lowest BCUT2D eigenvalue weighted by Crippen LogP contribution is -2.24. The fourth-order valence-electron chi connectivity index (χ4n) is 1.79. The summed E-state index contributed by atoms with van der Waals surface area (Å²) in [5, 5.41) is 2.93. The Morgan fingerprint density at radius 1 is 1.15 bits per heavy atom. The molecule has 0 aliphatic rings. The molecule has 0 saturated heterocycles. The van der Waals surface area contributed by atoms with E-state index >= 15 is 0 Å². The quantitative estimate of drug-likeness (QED) is 0.671. The van der Waals surface area contributed by atoms with E-state index in [2.05, 4.69) is 12.2 Å². The summed E-state index contributed by atoms with van der Waals surface area (Å²) in [5.41, 5.74) is 0.277. The second-order valence-corrected chi connectivity index (χ2v) is 4.53. The Balaban J connectivity index is 2.34. The lowest BCUT2D eigenvalue weighted by molar-refractivity contribution is 0.0384. The van der Waals surface area contributed by atoms with Crippen molar-refractivity contribution < 1.29 is 18.3 Å². The molecule has 0 bridgehead atoms. The van der Waals surface area contributed by atoms with Gasteiger partial charge < -0.3 is 14.8 Å². The summed E-state index contributed by atoms with van der Waals surface area (Å²) in [5.74, 6) is -1.67. The van der Waals surface area contributed by atoms with Gasteiger partial charge in [0.15, 0.2) is 11.6 Å². The van der Waals surface area contributed by atoms with Crippen molar-refractivity contribution >= 4 is 0 Å². The number of hydrogen-bond acceptors (Lipinski definition) is 3. The fourth-order valence-corrected chi connectivity index (χ4v) is 1.79. The molecule has 0 aliphatic carbocycles. The van der Waals surface area contributed by atoms with Crippen molar-refractivity contribution in [3.8, 4) is 0 Å². The highest BCUT2D eigenvalue weighted by Gasteiger charge is 2.16. The van der Waals surface area contributed by atoms with Gasteiger partial charge in [-0.3, -0.25) is 0 Å². The van der Waals surface area contributed by atoms with E-state index in [1.165, 1.54) is 6.07 Å². The van der Waals surface area contributed by atoms with Crippen LogP contribution in [-0.2, 0) is 9.47 Å². The maximum absolute atomic E-state index is 13.7. The maximum Gasteiger partial charge on any atom is 0.163 e. The molecule has 0 fully saturated rings. The molecule has 3 nitrogen and oxygen atoms in total. The summed E-state index contributed by atoms with van der Waals surface area (Å²) in [6, 6.07) is 3.78. The normalized spacial score (nSPS) is 12.6. The molecule has 1 N–H and O–H groups in total. The Morgan fingerprint density at radius 2 is 1.90 bits per heavy atom. The molecule has 1 atom stereocenters. The molecule has 0 amide bonds. The summed E-state index contributed by atoms with van der Waals surface area (Å²) in [4.78, 5) is 0. The van der Waals surface area contributed by atoms with Crippen LogP contribution in [0.3, 0.4) is 0 Å². The van der Waals surface area contributed by atoms with Crippen molar-refractivity contribution in [2.45, 2.75) is 25.8 Å². The number of nitrogens with one attached hydrogen (secondary N) is 1. The van der Waals surface area contributed by atoms with Crippen molar-refractivity contribution in [2.75, 3.05) is 33.5 Å². The van der Waals surface area contributed by atoms with Crippen LogP contribution in [-0.4, -0.2) is 33.5 Å². The topological polar surface area (TPSA) is 30.5 Å². The van der Waals surface area contributed by atoms with Crippen LogP contribution in [0.1, 0.15) is 31.4 Å². The third-order valence-corrected chi connectivity index (χ3v) is 3.00. The molecule has 1 aromatic rings. The minimum Gasteiger partial charge on any atom is -0.379 e. The molecule has 0 heterocycles. The third-order valence-electron chi connectivity index (χ3n) is 3.00. The van der Waals surface area contributed by atoms with Crippen LogP contribution in [0.2, 0.25) is 0 Å². The van der Waals surface area contributed by atoms with E-state index in [4.69, 9.17) is 9.47 Å². The third kappa shape index (κ3) is 5.53. The predicted octanol–water partition coefficient (Wildman–Crippen LogP) is 3.06. The summed E-state index contributed by atoms with van der Waals surface area (Å²) >= 11 is 0. The zero-order valence-electron chi connectivity index (χ0n) is 12.1. The Hall–Kier alpha value is -1.04. The van der Waals surface area contributed by atoms with Gasteiger partial charge in [-0.25, -0.2) is 8.78 Å². The van der Waals surface area contributed by atoms with E-state index in [0.717, 1.165) is 25.5 Å². The molecule has 0 spiro atoms. The van der Waals surface area contributed by atoms with Gasteiger partial charge in [0.25, 0.3) is 0 Å². The maximum atomic E-state index is 13.7. The van der Waals surface area contributed by atoms with Crippen LogP contribution < -0.4 is 5.32 Å². The van der Waals surface area contributed by atoms with E-state index in [1.54, 1.807) is 13.1 Å². The summed E-state index contributed by atoms with van der Waals surface area (Å²) in [6.07, 6.45) is 2.13. The standard InChI is InChI=1S/C15H23F2NO2/c1-3-4-8-19-9-10-20-11-14(18-2)12-6-5-7-13(16)15(12)17/h5-7,14,18H,3-4,8-11H2,1-2H3. The van der Waals surface area contributed by atoms with Gasteiger partial charge in [0.1, 0.15) is 0 Å². The second kappa shape index (κ2) is 9.80. The average molecular weight is 287 g/mol. The van der Waals surface area contributed by atoms with Crippen molar-refractivity contribution in [3.63, 3.8) is 0 Å². The summed E-state index contributed by atoms with van der Waals surface area (Å²) in [6.45, 7) is 4.06. The SMILES string of the molecule is CCCCOCCOCC(NC)c1cccc(F)c1F. The molecule has 20 heavy (non-hydrogen) atoms. The van der Waals surface area contributed by atoms with E-state index in [0.29, 0.717) is 13.2 Å². The highest BCUT2D eigenvalue weighted by Crippen LogP contribution is 2.19. The van der Waals surface area contributed by atoms with Crippen molar-refractivity contribution in [1.82, 2.24) is 5.32 Å². The zero-order valence-corrected chi connectivity index (χ0v) is 12.1. The molecule has 0 saturated carbocycles. The number of rotatable bonds is 10. The van der Waals surface area contributed by atoms with Gasteiger partial charge in [-0.2, -0.15) is 0 Å². The van der Waals surface area contributed by atoms with Crippen LogP contribution in [0, 0.1) is 11.6 Å². The molecular formula is C15H23F2NO2. The monoisotopic (exact) mass is 287 g/mol. The lowest BCUT2D eigenvalue weighted by atomic mass is 10.1. The Kier molecular flexibility index (Phi) is 8.34. The number of ether oxygens (including phenoxy) is 2. The van der Waals surface area contributed by atoms with E-state index in [-0.39, 0.29) is 18.2 Å². The minimum absolute atomic E-state index is 0.272. The van der Waals surface area contributed by atoms with Gasteiger partial charge in [-0.1, -0.05) is 25.5 Å². The Bertz CT molecular complexity index is 388. The smallest absolute Gasteiger partial charge is 0.163 e. The second-order valence-electron chi connectivity index (χ2n) is 4.53. The van der Waals surface area contributed by atoms with Gasteiger partial charge in [0.05, 0.1) is 25.9 Å². The molecule has 1 rings (SSSR count). The van der Waals surface area contributed by atoms with Crippen molar-refractivity contribution in [3.05, 3.63) is 35.4 Å². The average Bonchev–Trinajstić information content (AvgIpc) is 2.46. The predicted molar refractivity (Wildman–Crippen MR) is 74.7 cm³/mol. The number of hydrogen-bond donors (Lipinski definition) is 1. The summed E-state index contributed by atoms with van der Waals surface area (Å²) < 4.78 is 37.6. The first-order valence-electron chi connectivity index (χ1n) is 6.97. The molecule has 5 heteroatoms. The Morgan fingerprint density at radius 3 is 2.60 bits per heavy atom. The van der Waals surface area contributed by atoms with Crippen LogP contribution >= 0.6 is 0 Å². The first-order chi connectivity index (χ1) is 9.70. The van der Waals surface area contributed by atoms with Gasteiger partial charge in [-0.15, -0.1) is 0 Å². The van der Waals surface area contributed by atoms with Crippen molar-refractivity contribution in [1.29, 1.82) is 0 Å². The lowest BCUT2D eigenvalue weighted by Gasteiger charge is -2.17. The van der Waals surface area contributed by atoms with E-state index in [1.807, 2.05) is 0 Å². The fraction of sp³-hybridized carbons (Fsp3) is 0.600. The molecule has 0 aliphatic heterocycles. The van der Waals surface area contributed by atoms with Gasteiger partial charge in [-0.05, 0) is 19.5 Å². The first kappa shape index (κ1) is 17.0. The highest BCUT2D eigenvalue weighted by molar-refractivity contribution is 5.22. The number of likely N-dealkylation sites (N-methyl/N-ethyl adjacent to an activating group) is 1. The van der Waals surface area contributed by atoms with Crippen LogP contribution in [0.5, 0.6) is 0 Å².